The first kappa shape index (κ1) is 14.0. The Morgan fingerprint density at radius 1 is 1.30 bits per heavy atom. The number of nitrogens with one attached hydrogen (secondary N) is 1. The fourth-order valence-corrected chi connectivity index (χ4v) is 3.40. The molecule has 2 heterocycles. The van der Waals surface area contributed by atoms with Crippen molar-refractivity contribution in [1.29, 1.82) is 0 Å². The number of aliphatic imine (C=N–C) groups is 1. The third kappa shape index (κ3) is 1.90. The molecule has 23 heavy (non-hydrogen) atoms. The molecular formula is C18H16N2O3. The van der Waals surface area contributed by atoms with E-state index in [1.807, 2.05) is 31.2 Å². The summed E-state index contributed by atoms with van der Waals surface area (Å²) in [5.41, 5.74) is 3.66. The van der Waals surface area contributed by atoms with E-state index in [1.54, 1.807) is 19.2 Å². The summed E-state index contributed by atoms with van der Waals surface area (Å²) < 4.78 is 5.47. The number of hydrogen-bond acceptors (Lipinski definition) is 4. The first-order chi connectivity index (χ1) is 11.1. The SMILES string of the molecule is COC1C=Cc2[nH]c(O)c(C3=Nc4ccccc4C3=O)c2C1C. The van der Waals surface area contributed by atoms with Crippen LogP contribution in [0.25, 0.3) is 6.08 Å². The van der Waals surface area contributed by atoms with Crippen molar-refractivity contribution in [2.24, 2.45) is 4.99 Å². The number of para-hydroxylation sites is 1. The number of carbonyl (C=O) groups excluding carboxylic acids is 1. The highest BCUT2D eigenvalue weighted by atomic mass is 16.5. The summed E-state index contributed by atoms with van der Waals surface area (Å²) in [6.45, 7) is 2.01. The maximum absolute atomic E-state index is 12.7. The number of ketones is 1. The summed E-state index contributed by atoms with van der Waals surface area (Å²) in [7, 11) is 1.65. The highest BCUT2D eigenvalue weighted by Crippen LogP contribution is 2.40. The van der Waals surface area contributed by atoms with Gasteiger partial charge in [-0.3, -0.25) is 4.79 Å². The van der Waals surface area contributed by atoms with Crippen molar-refractivity contribution >= 4 is 23.3 Å². The van der Waals surface area contributed by atoms with Crippen LogP contribution in [0.2, 0.25) is 0 Å². The van der Waals surface area contributed by atoms with E-state index in [0.29, 0.717) is 22.5 Å². The average Bonchev–Trinajstić information content (AvgIpc) is 3.05. The standard InChI is InChI=1S/C18H16N2O3/c1-9-13(23-2)8-7-12-14(9)15(18(22)20-12)16-17(21)10-5-3-4-6-11(10)19-16/h3-9,13,20,22H,1-2H3. The van der Waals surface area contributed by atoms with E-state index in [-0.39, 0.29) is 23.7 Å². The van der Waals surface area contributed by atoms with Crippen molar-refractivity contribution < 1.29 is 14.6 Å². The average molecular weight is 308 g/mol. The maximum Gasteiger partial charge on any atom is 0.214 e. The Hall–Kier alpha value is -2.66. The molecule has 0 saturated heterocycles. The molecule has 5 heteroatoms. The molecule has 0 bridgehead atoms. The summed E-state index contributed by atoms with van der Waals surface area (Å²) in [6.07, 6.45) is 3.72. The van der Waals surface area contributed by atoms with Gasteiger partial charge in [-0.2, -0.15) is 0 Å². The third-order valence-electron chi connectivity index (χ3n) is 4.56. The van der Waals surface area contributed by atoms with Crippen molar-refractivity contribution in [3.05, 3.63) is 52.7 Å². The number of benzene rings is 1. The Kier molecular flexibility index (Phi) is 2.99. The quantitative estimate of drug-likeness (QED) is 0.894. The van der Waals surface area contributed by atoms with E-state index in [9.17, 15) is 9.90 Å². The first-order valence-corrected chi connectivity index (χ1v) is 7.50. The van der Waals surface area contributed by atoms with Crippen LogP contribution in [0.5, 0.6) is 5.88 Å². The molecule has 116 valence electrons. The molecule has 2 aromatic rings. The van der Waals surface area contributed by atoms with Crippen LogP contribution >= 0.6 is 0 Å². The number of ether oxygens (including phenoxy) is 1. The molecule has 2 unspecified atom stereocenters. The number of aromatic amines is 1. The highest BCUT2D eigenvalue weighted by molar-refractivity contribution is 6.55. The minimum Gasteiger partial charge on any atom is -0.494 e. The summed E-state index contributed by atoms with van der Waals surface area (Å²) in [5, 5.41) is 10.4. The van der Waals surface area contributed by atoms with Crippen LogP contribution in [-0.2, 0) is 4.74 Å². The number of aromatic nitrogens is 1. The molecule has 2 atom stereocenters. The molecule has 2 aliphatic rings. The van der Waals surface area contributed by atoms with Gasteiger partial charge in [0.2, 0.25) is 5.78 Å². The van der Waals surface area contributed by atoms with E-state index in [1.165, 1.54) is 0 Å². The predicted molar refractivity (Wildman–Crippen MR) is 87.7 cm³/mol. The number of hydrogen-bond donors (Lipinski definition) is 2. The van der Waals surface area contributed by atoms with Gasteiger partial charge in [0.15, 0.2) is 5.88 Å². The van der Waals surface area contributed by atoms with Crippen molar-refractivity contribution in [3.8, 4) is 5.88 Å². The number of Topliss-reactive ketones (excluding diaryl/α,β-unsaturated/α-hetero) is 1. The Balaban J connectivity index is 1.89. The Bertz CT molecular complexity index is 876. The third-order valence-corrected chi connectivity index (χ3v) is 4.56. The lowest BCUT2D eigenvalue weighted by molar-refractivity contribution is 0.106. The summed E-state index contributed by atoms with van der Waals surface area (Å²) in [6, 6.07) is 7.22. The lowest BCUT2D eigenvalue weighted by Gasteiger charge is -2.24. The predicted octanol–water partition coefficient (Wildman–Crippen LogP) is 3.18. The summed E-state index contributed by atoms with van der Waals surface area (Å²) in [4.78, 5) is 20.1. The zero-order valence-corrected chi connectivity index (χ0v) is 12.8. The number of fused-ring (bicyclic) bond motifs is 2. The van der Waals surface area contributed by atoms with E-state index >= 15 is 0 Å². The van der Waals surface area contributed by atoms with Gasteiger partial charge in [-0.15, -0.1) is 0 Å². The molecule has 1 aromatic heterocycles. The maximum atomic E-state index is 12.7. The van der Waals surface area contributed by atoms with E-state index < -0.39 is 0 Å². The molecule has 0 radical (unpaired) electrons. The van der Waals surface area contributed by atoms with Crippen LogP contribution in [0.1, 0.15) is 40.0 Å². The second-order valence-corrected chi connectivity index (χ2v) is 5.83. The minimum absolute atomic E-state index is 0.00589. The Morgan fingerprint density at radius 2 is 2.09 bits per heavy atom. The van der Waals surface area contributed by atoms with E-state index in [0.717, 1.165) is 11.3 Å². The van der Waals surface area contributed by atoms with Crippen LogP contribution in [-0.4, -0.2) is 34.8 Å². The Labute approximate surface area is 133 Å². The lowest BCUT2D eigenvalue weighted by atomic mass is 9.85. The molecule has 0 amide bonds. The second-order valence-electron chi connectivity index (χ2n) is 5.83. The van der Waals surface area contributed by atoms with Gasteiger partial charge in [0, 0.05) is 24.3 Å². The summed E-state index contributed by atoms with van der Waals surface area (Å²) in [5.74, 6) is -0.178. The minimum atomic E-state index is -0.159. The van der Waals surface area contributed by atoms with Crippen molar-refractivity contribution in [2.75, 3.05) is 7.11 Å². The number of H-pyrrole nitrogens is 1. The second kappa shape index (κ2) is 4.93. The van der Waals surface area contributed by atoms with Gasteiger partial charge in [0.05, 0.1) is 17.4 Å². The van der Waals surface area contributed by atoms with E-state index in [2.05, 4.69) is 9.98 Å². The van der Waals surface area contributed by atoms with Gasteiger partial charge >= 0.3 is 0 Å². The monoisotopic (exact) mass is 308 g/mol. The normalized spacial score (nSPS) is 22.0. The van der Waals surface area contributed by atoms with Crippen molar-refractivity contribution in [1.82, 2.24) is 4.98 Å². The lowest BCUT2D eigenvalue weighted by Crippen LogP contribution is -2.22. The molecule has 1 aromatic carbocycles. The summed E-state index contributed by atoms with van der Waals surface area (Å²) >= 11 is 0. The number of methoxy groups -OCH3 is 1. The molecular weight excluding hydrogens is 292 g/mol. The Morgan fingerprint density at radius 3 is 2.83 bits per heavy atom. The van der Waals surface area contributed by atoms with Gasteiger partial charge in [0.25, 0.3) is 0 Å². The van der Waals surface area contributed by atoms with Crippen LogP contribution in [0.4, 0.5) is 5.69 Å². The van der Waals surface area contributed by atoms with Crippen LogP contribution < -0.4 is 0 Å². The molecule has 1 aliphatic heterocycles. The van der Waals surface area contributed by atoms with Gasteiger partial charge in [-0.1, -0.05) is 25.1 Å². The number of carbonyl (C=O) groups is 1. The molecule has 0 fully saturated rings. The van der Waals surface area contributed by atoms with Crippen LogP contribution in [0, 0.1) is 0 Å². The van der Waals surface area contributed by atoms with Gasteiger partial charge in [0.1, 0.15) is 5.71 Å². The molecule has 1 aliphatic carbocycles. The largest absolute Gasteiger partial charge is 0.494 e. The topological polar surface area (TPSA) is 74.7 Å². The van der Waals surface area contributed by atoms with Crippen LogP contribution in [0.15, 0.2) is 35.3 Å². The molecule has 5 nitrogen and oxygen atoms in total. The highest BCUT2D eigenvalue weighted by Gasteiger charge is 2.35. The first-order valence-electron chi connectivity index (χ1n) is 7.50. The fraction of sp³-hybridized carbons (Fsp3) is 0.222. The molecule has 2 N–H and O–H groups in total. The number of nitrogens with zero attached hydrogens (tertiary/aromatic N) is 1. The van der Waals surface area contributed by atoms with Gasteiger partial charge in [-0.05, 0) is 23.8 Å². The van der Waals surface area contributed by atoms with Gasteiger partial charge < -0.3 is 14.8 Å². The van der Waals surface area contributed by atoms with Gasteiger partial charge in [-0.25, -0.2) is 4.99 Å². The molecule has 0 spiro atoms. The van der Waals surface area contributed by atoms with Crippen molar-refractivity contribution in [2.45, 2.75) is 18.9 Å². The number of rotatable bonds is 2. The fourth-order valence-electron chi connectivity index (χ4n) is 3.40. The van der Waals surface area contributed by atoms with E-state index in [4.69, 9.17) is 4.74 Å². The molecule has 4 rings (SSSR count). The molecule has 0 saturated carbocycles. The zero-order valence-electron chi connectivity index (χ0n) is 12.8. The number of aromatic hydroxyl groups is 1. The van der Waals surface area contributed by atoms with Crippen molar-refractivity contribution in [3.63, 3.8) is 0 Å². The van der Waals surface area contributed by atoms with Crippen LogP contribution in [0.3, 0.4) is 0 Å². The zero-order chi connectivity index (χ0) is 16.1. The smallest absolute Gasteiger partial charge is 0.214 e.